The summed E-state index contributed by atoms with van der Waals surface area (Å²) in [6.07, 6.45) is 0.743. The third-order valence-corrected chi connectivity index (χ3v) is 4.82. The van der Waals surface area contributed by atoms with Gasteiger partial charge in [-0.3, -0.25) is 9.78 Å². The SMILES string of the molecule is C[C@H](Oc1cccc2ncccc12)C(=O)N1CCN(C(=O)OC(C)(C)C)C[C@H]1C. The lowest BCUT2D eigenvalue weighted by Gasteiger charge is -2.41. The Kier molecular flexibility index (Phi) is 5.96. The Morgan fingerprint density at radius 2 is 1.93 bits per heavy atom. The number of carbonyl (C=O) groups excluding carboxylic acids is 2. The topological polar surface area (TPSA) is 72.0 Å². The Morgan fingerprint density at radius 3 is 2.62 bits per heavy atom. The molecule has 2 amide bonds. The van der Waals surface area contributed by atoms with E-state index in [9.17, 15) is 9.59 Å². The van der Waals surface area contributed by atoms with Crippen molar-refractivity contribution in [1.82, 2.24) is 14.8 Å². The summed E-state index contributed by atoms with van der Waals surface area (Å²) in [5.74, 6) is 0.540. The van der Waals surface area contributed by atoms with Crippen LogP contribution >= 0.6 is 0 Å². The molecule has 2 aromatic rings. The first-order chi connectivity index (χ1) is 13.7. The minimum atomic E-state index is -0.642. The van der Waals surface area contributed by atoms with Crippen molar-refractivity contribution in [2.24, 2.45) is 0 Å². The average molecular weight is 399 g/mol. The van der Waals surface area contributed by atoms with E-state index in [0.29, 0.717) is 25.4 Å². The van der Waals surface area contributed by atoms with E-state index in [2.05, 4.69) is 4.98 Å². The van der Waals surface area contributed by atoms with Crippen LogP contribution in [-0.2, 0) is 9.53 Å². The van der Waals surface area contributed by atoms with Crippen molar-refractivity contribution in [3.63, 3.8) is 0 Å². The van der Waals surface area contributed by atoms with Crippen molar-refractivity contribution in [3.8, 4) is 5.75 Å². The highest BCUT2D eigenvalue weighted by molar-refractivity contribution is 5.86. The predicted octanol–water partition coefficient (Wildman–Crippen LogP) is 3.47. The van der Waals surface area contributed by atoms with Crippen molar-refractivity contribution < 1.29 is 19.1 Å². The number of aromatic nitrogens is 1. The number of benzene rings is 1. The van der Waals surface area contributed by atoms with Crippen molar-refractivity contribution >= 4 is 22.9 Å². The molecule has 29 heavy (non-hydrogen) atoms. The lowest BCUT2D eigenvalue weighted by Crippen LogP contribution is -2.58. The molecule has 1 aromatic carbocycles. The van der Waals surface area contributed by atoms with Gasteiger partial charge in [0.05, 0.1) is 5.52 Å². The smallest absolute Gasteiger partial charge is 0.410 e. The molecule has 3 rings (SSSR count). The van der Waals surface area contributed by atoms with Gasteiger partial charge in [-0.25, -0.2) is 4.79 Å². The highest BCUT2D eigenvalue weighted by atomic mass is 16.6. The van der Waals surface area contributed by atoms with Gasteiger partial charge in [0.1, 0.15) is 11.4 Å². The van der Waals surface area contributed by atoms with E-state index < -0.39 is 11.7 Å². The molecule has 0 aliphatic carbocycles. The van der Waals surface area contributed by atoms with Crippen LogP contribution in [0.5, 0.6) is 5.75 Å². The van der Waals surface area contributed by atoms with Crippen molar-refractivity contribution in [2.75, 3.05) is 19.6 Å². The Morgan fingerprint density at radius 1 is 1.17 bits per heavy atom. The zero-order chi connectivity index (χ0) is 21.2. The van der Waals surface area contributed by atoms with Gasteiger partial charge in [-0.05, 0) is 58.9 Å². The molecule has 1 aliphatic heterocycles. The molecule has 1 fully saturated rings. The Bertz CT molecular complexity index is 888. The molecule has 0 unspecified atom stereocenters. The van der Waals surface area contributed by atoms with Gasteiger partial charge in [0.2, 0.25) is 0 Å². The number of piperazine rings is 1. The second-order valence-corrected chi connectivity index (χ2v) is 8.39. The predicted molar refractivity (Wildman–Crippen MR) is 111 cm³/mol. The van der Waals surface area contributed by atoms with Crippen molar-refractivity contribution in [3.05, 3.63) is 36.5 Å². The first-order valence-corrected chi connectivity index (χ1v) is 9.94. The molecule has 0 N–H and O–H groups in total. The van der Waals surface area contributed by atoms with E-state index in [1.807, 2.05) is 58.0 Å². The van der Waals surface area contributed by atoms with Gasteiger partial charge >= 0.3 is 6.09 Å². The molecule has 0 bridgehead atoms. The van der Waals surface area contributed by atoms with Gasteiger partial charge in [-0.1, -0.05) is 6.07 Å². The van der Waals surface area contributed by atoms with Gasteiger partial charge in [0.25, 0.3) is 5.91 Å². The largest absolute Gasteiger partial charge is 0.480 e. The summed E-state index contributed by atoms with van der Waals surface area (Å²) in [6, 6.07) is 9.27. The number of pyridine rings is 1. The maximum Gasteiger partial charge on any atom is 0.410 e. The standard InChI is InChI=1S/C22H29N3O4/c1-15-14-24(21(27)29-22(3,4)5)12-13-25(15)20(26)16(2)28-19-10-6-9-18-17(19)8-7-11-23-18/h6-11,15-16H,12-14H2,1-5H3/t15-,16+/m1/s1. The number of rotatable bonds is 3. The number of fused-ring (bicyclic) bond motifs is 1. The summed E-state index contributed by atoms with van der Waals surface area (Å²) >= 11 is 0. The van der Waals surface area contributed by atoms with Crippen LogP contribution in [-0.4, -0.2) is 64.2 Å². The van der Waals surface area contributed by atoms with E-state index in [4.69, 9.17) is 9.47 Å². The zero-order valence-corrected chi connectivity index (χ0v) is 17.7. The molecule has 0 radical (unpaired) electrons. The summed E-state index contributed by atoms with van der Waals surface area (Å²) < 4.78 is 11.4. The molecule has 0 saturated carbocycles. The molecule has 2 atom stereocenters. The highest BCUT2D eigenvalue weighted by Gasteiger charge is 2.34. The van der Waals surface area contributed by atoms with E-state index in [0.717, 1.165) is 10.9 Å². The Hall–Kier alpha value is -2.83. The third-order valence-electron chi connectivity index (χ3n) is 4.82. The fraction of sp³-hybridized carbons (Fsp3) is 0.500. The van der Waals surface area contributed by atoms with E-state index >= 15 is 0 Å². The second-order valence-electron chi connectivity index (χ2n) is 8.39. The Labute approximate surface area is 171 Å². The van der Waals surface area contributed by atoms with E-state index in [1.54, 1.807) is 22.9 Å². The first-order valence-electron chi connectivity index (χ1n) is 9.94. The van der Waals surface area contributed by atoms with Gasteiger partial charge in [0.15, 0.2) is 6.10 Å². The maximum absolute atomic E-state index is 13.0. The van der Waals surface area contributed by atoms with Crippen LogP contribution in [0.3, 0.4) is 0 Å². The Balaban J connectivity index is 1.64. The summed E-state index contributed by atoms with van der Waals surface area (Å²) in [5.41, 5.74) is 0.284. The fourth-order valence-corrected chi connectivity index (χ4v) is 3.43. The number of hydrogen-bond acceptors (Lipinski definition) is 5. The van der Waals surface area contributed by atoms with E-state index in [-0.39, 0.29) is 18.0 Å². The molecule has 1 aromatic heterocycles. The van der Waals surface area contributed by atoms with Crippen molar-refractivity contribution in [2.45, 2.75) is 52.4 Å². The molecular formula is C22H29N3O4. The van der Waals surface area contributed by atoms with Crippen LogP contribution in [0.15, 0.2) is 36.5 Å². The molecule has 7 heteroatoms. The first kappa shape index (κ1) is 20.9. The third kappa shape index (κ3) is 4.96. The van der Waals surface area contributed by atoms with Crippen LogP contribution < -0.4 is 4.74 Å². The molecule has 1 aliphatic rings. The molecule has 2 heterocycles. The fourth-order valence-electron chi connectivity index (χ4n) is 3.43. The van der Waals surface area contributed by atoms with Gasteiger partial charge < -0.3 is 19.3 Å². The monoisotopic (exact) mass is 399 g/mol. The van der Waals surface area contributed by atoms with Gasteiger partial charge in [-0.15, -0.1) is 0 Å². The molecule has 156 valence electrons. The number of hydrogen-bond donors (Lipinski definition) is 0. The lowest BCUT2D eigenvalue weighted by atomic mass is 10.1. The average Bonchev–Trinajstić information content (AvgIpc) is 2.66. The molecule has 0 spiro atoms. The van der Waals surface area contributed by atoms with Crippen LogP contribution in [0.1, 0.15) is 34.6 Å². The second kappa shape index (κ2) is 8.27. The summed E-state index contributed by atoms with van der Waals surface area (Å²) in [5, 5.41) is 0.873. The number of amides is 2. The van der Waals surface area contributed by atoms with Crippen molar-refractivity contribution in [1.29, 1.82) is 0 Å². The minimum absolute atomic E-state index is 0.0952. The minimum Gasteiger partial charge on any atom is -0.480 e. The summed E-state index contributed by atoms with van der Waals surface area (Å²) in [7, 11) is 0. The zero-order valence-electron chi connectivity index (χ0n) is 17.7. The summed E-state index contributed by atoms with van der Waals surface area (Å²) in [6.45, 7) is 10.5. The van der Waals surface area contributed by atoms with Crippen LogP contribution in [0.4, 0.5) is 4.79 Å². The molecular weight excluding hydrogens is 370 g/mol. The number of ether oxygens (including phenoxy) is 2. The van der Waals surface area contributed by atoms with Crippen LogP contribution in [0.25, 0.3) is 10.9 Å². The number of carbonyl (C=O) groups is 2. The van der Waals surface area contributed by atoms with Crippen LogP contribution in [0, 0.1) is 0 Å². The van der Waals surface area contributed by atoms with E-state index in [1.165, 1.54) is 0 Å². The number of nitrogens with zero attached hydrogens (tertiary/aromatic N) is 3. The normalized spacial score (nSPS) is 18.4. The van der Waals surface area contributed by atoms with Gasteiger partial charge in [-0.2, -0.15) is 0 Å². The summed E-state index contributed by atoms with van der Waals surface area (Å²) in [4.78, 5) is 33.1. The maximum atomic E-state index is 13.0. The quantitative estimate of drug-likeness (QED) is 0.790. The molecule has 1 saturated heterocycles. The van der Waals surface area contributed by atoms with Crippen LogP contribution in [0.2, 0.25) is 0 Å². The van der Waals surface area contributed by atoms with Gasteiger partial charge in [0, 0.05) is 37.3 Å². The lowest BCUT2D eigenvalue weighted by molar-refractivity contribution is -0.142. The molecule has 7 nitrogen and oxygen atoms in total. The highest BCUT2D eigenvalue weighted by Crippen LogP contribution is 2.25.